The third-order valence-corrected chi connectivity index (χ3v) is 6.90. The Morgan fingerprint density at radius 3 is 2.88 bits per heavy atom. The molecule has 4 rings (SSSR count). The summed E-state index contributed by atoms with van der Waals surface area (Å²) in [5.41, 5.74) is 6.40. The number of ether oxygens (including phenoxy) is 2. The summed E-state index contributed by atoms with van der Waals surface area (Å²) in [4.78, 5) is 31.3. The van der Waals surface area contributed by atoms with Crippen molar-refractivity contribution in [2.45, 2.75) is 32.9 Å². The van der Waals surface area contributed by atoms with E-state index in [0.717, 1.165) is 27.3 Å². The molecule has 2 aromatic carbocycles. The maximum Gasteiger partial charge on any atom is 0.410 e. The Labute approximate surface area is 200 Å². The topological polar surface area (TPSA) is 89.0 Å². The first-order valence-corrected chi connectivity index (χ1v) is 11.7. The van der Waals surface area contributed by atoms with Crippen molar-refractivity contribution in [1.29, 1.82) is 0 Å². The van der Waals surface area contributed by atoms with Gasteiger partial charge >= 0.3 is 12.1 Å². The van der Waals surface area contributed by atoms with Crippen LogP contribution >= 0.6 is 22.9 Å². The van der Waals surface area contributed by atoms with E-state index < -0.39 is 24.7 Å². The Balaban J connectivity index is 1.66. The maximum absolute atomic E-state index is 13.3. The van der Waals surface area contributed by atoms with Crippen molar-refractivity contribution < 1.29 is 24.2 Å². The molecule has 9 heteroatoms. The summed E-state index contributed by atoms with van der Waals surface area (Å²) >= 11 is 7.71. The van der Waals surface area contributed by atoms with Crippen molar-refractivity contribution in [3.05, 3.63) is 79.8 Å². The van der Waals surface area contributed by atoms with Crippen LogP contribution < -0.4 is 4.74 Å². The lowest BCUT2D eigenvalue weighted by Gasteiger charge is -2.35. The number of hydrogen-bond donors (Lipinski definition) is 1. The Morgan fingerprint density at radius 1 is 1.27 bits per heavy atom. The average Bonchev–Trinajstić information content (AvgIpc) is 3.27. The summed E-state index contributed by atoms with van der Waals surface area (Å²) in [6, 6.07) is 10.3. The van der Waals surface area contributed by atoms with Crippen LogP contribution in [-0.2, 0) is 22.6 Å². The Morgan fingerprint density at radius 2 is 2.09 bits per heavy atom. The minimum absolute atomic E-state index is 0.156. The summed E-state index contributed by atoms with van der Waals surface area (Å²) in [5, 5.41) is 9.52. The molecule has 1 atom stereocenters. The van der Waals surface area contributed by atoms with E-state index >= 15 is 0 Å². The quantitative estimate of drug-likeness (QED) is 0.517. The number of amides is 1. The molecule has 1 aromatic heterocycles. The van der Waals surface area contributed by atoms with Crippen LogP contribution in [0.2, 0.25) is 5.02 Å². The van der Waals surface area contributed by atoms with Crippen LogP contribution in [0.4, 0.5) is 4.79 Å². The minimum Gasteiger partial charge on any atom is -0.482 e. The fraction of sp³-hybridized carbons (Fsp3) is 0.292. The second kappa shape index (κ2) is 9.80. The molecule has 1 aliphatic rings. The zero-order valence-corrected chi connectivity index (χ0v) is 19.8. The average molecular weight is 487 g/mol. The maximum atomic E-state index is 13.3. The predicted octanol–water partition coefficient (Wildman–Crippen LogP) is 5.16. The standard InChI is InChI=1S/C24H23ClN2O5S/c1-14-4-3-5-16(15(14)2)11-32-24(30)27-9-8-19-23(33-13-26-19)22(27)18-10-17(25)6-7-20(18)31-12-21(28)29/h3-7,10,13,22H,8-9,11-12H2,1-2H3,(H,28,29)/t22-/m1/s1. The molecule has 7 nitrogen and oxygen atoms in total. The van der Waals surface area contributed by atoms with Gasteiger partial charge in [-0.15, -0.1) is 11.3 Å². The number of aryl methyl sites for hydroxylation is 1. The second-order valence-electron chi connectivity index (χ2n) is 7.79. The van der Waals surface area contributed by atoms with Crippen LogP contribution in [0.15, 0.2) is 41.9 Å². The van der Waals surface area contributed by atoms with Gasteiger partial charge in [-0.3, -0.25) is 4.90 Å². The summed E-state index contributed by atoms with van der Waals surface area (Å²) < 4.78 is 11.3. The van der Waals surface area contributed by atoms with E-state index in [-0.39, 0.29) is 6.61 Å². The number of carboxylic acid groups (broad SMARTS) is 1. The molecule has 0 saturated carbocycles. The monoisotopic (exact) mass is 486 g/mol. The summed E-state index contributed by atoms with van der Waals surface area (Å²) in [6.45, 7) is 4.07. The Hall–Kier alpha value is -3.10. The molecule has 0 unspecified atom stereocenters. The van der Waals surface area contributed by atoms with Gasteiger partial charge in [0, 0.05) is 23.6 Å². The van der Waals surface area contributed by atoms with Crippen molar-refractivity contribution >= 4 is 35.0 Å². The highest BCUT2D eigenvalue weighted by Gasteiger charge is 2.37. The minimum atomic E-state index is -1.09. The molecule has 1 N–H and O–H groups in total. The molecule has 0 bridgehead atoms. The van der Waals surface area contributed by atoms with E-state index in [1.54, 1.807) is 28.6 Å². The van der Waals surface area contributed by atoms with Gasteiger partial charge in [0.15, 0.2) is 6.61 Å². The zero-order chi connectivity index (χ0) is 23.5. The Kier molecular flexibility index (Phi) is 6.85. The smallest absolute Gasteiger partial charge is 0.410 e. The van der Waals surface area contributed by atoms with Crippen molar-refractivity contribution in [3.63, 3.8) is 0 Å². The highest BCUT2D eigenvalue weighted by Crippen LogP contribution is 2.42. The molecule has 0 aliphatic carbocycles. The molecular weight excluding hydrogens is 464 g/mol. The summed E-state index contributed by atoms with van der Waals surface area (Å²) in [6.07, 6.45) is 0.129. The van der Waals surface area contributed by atoms with Crippen LogP contribution in [0.5, 0.6) is 5.75 Å². The van der Waals surface area contributed by atoms with Gasteiger partial charge in [-0.2, -0.15) is 0 Å². The van der Waals surface area contributed by atoms with Gasteiger partial charge < -0.3 is 14.6 Å². The Bertz CT molecular complexity index is 1200. The number of carbonyl (C=O) groups is 2. The van der Waals surface area contributed by atoms with Crippen molar-refractivity contribution in [2.24, 2.45) is 0 Å². The van der Waals surface area contributed by atoms with Gasteiger partial charge in [-0.1, -0.05) is 29.8 Å². The first kappa shape index (κ1) is 23.1. The fourth-order valence-electron chi connectivity index (χ4n) is 3.89. The number of benzene rings is 2. The van der Waals surface area contributed by atoms with Crippen LogP contribution in [0, 0.1) is 13.8 Å². The lowest BCUT2D eigenvalue weighted by molar-refractivity contribution is -0.139. The van der Waals surface area contributed by atoms with Gasteiger partial charge in [0.05, 0.1) is 16.1 Å². The van der Waals surface area contributed by atoms with Gasteiger partial charge in [0.25, 0.3) is 0 Å². The largest absolute Gasteiger partial charge is 0.482 e. The number of aliphatic carboxylic acids is 1. The lowest BCUT2D eigenvalue weighted by atomic mass is 9.97. The van der Waals surface area contributed by atoms with Gasteiger partial charge in [0.1, 0.15) is 18.4 Å². The highest BCUT2D eigenvalue weighted by atomic mass is 35.5. The molecule has 2 heterocycles. The predicted molar refractivity (Wildman–Crippen MR) is 125 cm³/mol. The molecule has 0 spiro atoms. The van der Waals surface area contributed by atoms with Gasteiger partial charge in [-0.05, 0) is 48.7 Å². The van der Waals surface area contributed by atoms with E-state index in [1.807, 2.05) is 32.0 Å². The molecule has 172 valence electrons. The molecule has 1 amide bonds. The number of carboxylic acids is 1. The van der Waals surface area contributed by atoms with Crippen LogP contribution in [0.25, 0.3) is 0 Å². The summed E-state index contributed by atoms with van der Waals surface area (Å²) in [7, 11) is 0. The van der Waals surface area contributed by atoms with Crippen molar-refractivity contribution in [1.82, 2.24) is 9.88 Å². The molecule has 1 aliphatic heterocycles. The summed E-state index contributed by atoms with van der Waals surface area (Å²) in [5.74, 6) is -0.747. The van der Waals surface area contributed by atoms with Crippen molar-refractivity contribution in [3.8, 4) is 5.75 Å². The van der Waals surface area contributed by atoms with Crippen LogP contribution in [0.3, 0.4) is 0 Å². The number of aromatic nitrogens is 1. The number of thiazole rings is 1. The molecule has 0 radical (unpaired) electrons. The number of carbonyl (C=O) groups excluding carboxylic acids is 1. The van der Waals surface area contributed by atoms with E-state index in [2.05, 4.69) is 4.98 Å². The number of fused-ring (bicyclic) bond motifs is 1. The van der Waals surface area contributed by atoms with E-state index in [9.17, 15) is 9.59 Å². The molecule has 33 heavy (non-hydrogen) atoms. The molecule has 3 aromatic rings. The number of nitrogens with zero attached hydrogens (tertiary/aromatic N) is 2. The van der Waals surface area contributed by atoms with Gasteiger partial charge in [0.2, 0.25) is 0 Å². The van der Waals surface area contributed by atoms with E-state index in [1.165, 1.54) is 11.3 Å². The second-order valence-corrected chi connectivity index (χ2v) is 9.11. The molecular formula is C24H23ClN2O5S. The normalized spacial score (nSPS) is 15.1. The van der Waals surface area contributed by atoms with Gasteiger partial charge in [-0.25, -0.2) is 14.6 Å². The SMILES string of the molecule is Cc1cccc(COC(=O)N2CCc3ncsc3[C@H]2c2cc(Cl)ccc2OCC(=O)O)c1C. The van der Waals surface area contributed by atoms with Crippen LogP contribution in [-0.4, -0.2) is 40.2 Å². The zero-order valence-electron chi connectivity index (χ0n) is 18.2. The third kappa shape index (κ3) is 4.96. The number of hydrogen-bond acceptors (Lipinski definition) is 6. The fourth-order valence-corrected chi connectivity index (χ4v) is 5.03. The molecule has 0 saturated heterocycles. The first-order chi connectivity index (χ1) is 15.8. The van der Waals surface area contributed by atoms with E-state index in [0.29, 0.717) is 29.3 Å². The van der Waals surface area contributed by atoms with E-state index in [4.69, 9.17) is 26.2 Å². The highest BCUT2D eigenvalue weighted by molar-refractivity contribution is 7.09. The lowest BCUT2D eigenvalue weighted by Crippen LogP contribution is -2.40. The van der Waals surface area contributed by atoms with Crippen molar-refractivity contribution in [2.75, 3.05) is 13.2 Å². The number of rotatable bonds is 6. The van der Waals surface area contributed by atoms with Crippen LogP contribution in [0.1, 0.15) is 38.9 Å². The first-order valence-electron chi connectivity index (χ1n) is 10.4. The number of halogens is 1. The molecule has 0 fully saturated rings. The third-order valence-electron chi connectivity index (χ3n) is 5.74.